The predicted molar refractivity (Wildman–Crippen MR) is 79.1 cm³/mol. The minimum absolute atomic E-state index is 0.689. The number of likely N-dealkylation sites (N-methyl/N-ethyl adjacent to an activating group) is 1. The summed E-state index contributed by atoms with van der Waals surface area (Å²) in [4.78, 5) is 0. The lowest BCUT2D eigenvalue weighted by Gasteiger charge is -2.30. The molecule has 3 nitrogen and oxygen atoms in total. The van der Waals surface area contributed by atoms with Crippen molar-refractivity contribution >= 4 is 15.9 Å². The maximum absolute atomic E-state index is 5.59. The summed E-state index contributed by atoms with van der Waals surface area (Å²) in [6, 6.07) is 0. The Kier molecular flexibility index (Phi) is 7.82. The molecule has 0 aliphatic heterocycles. The van der Waals surface area contributed by atoms with E-state index < -0.39 is 0 Å². The molecule has 0 aromatic carbocycles. The number of nitrogens with zero attached hydrogens (tertiary/aromatic N) is 1. The van der Waals surface area contributed by atoms with Crippen LogP contribution in [0.25, 0.3) is 0 Å². The van der Waals surface area contributed by atoms with Crippen LogP contribution in [0.15, 0.2) is 23.8 Å². The lowest BCUT2D eigenvalue weighted by atomic mass is 10.2. The Bertz CT molecular complexity index is 288. The topological polar surface area (TPSA) is 18.5 Å². The summed E-state index contributed by atoms with van der Waals surface area (Å²) in [5, 5.41) is 0.889. The molecular weight excluding hydrogens is 294 g/mol. The molecule has 0 bridgehead atoms. The summed E-state index contributed by atoms with van der Waals surface area (Å²) >= 11 is 3.32. The second-order valence-corrected chi connectivity index (χ2v) is 5.98. The smallest absolute Gasteiger partial charge is 0.102 e. The third kappa shape index (κ3) is 7.31. The largest absolute Gasteiger partial charge is 0.378 e. The number of hydrogen-bond donors (Lipinski definition) is 0. The van der Waals surface area contributed by atoms with Gasteiger partial charge in [-0.2, -0.15) is 0 Å². The number of quaternary nitrogens is 1. The van der Waals surface area contributed by atoms with E-state index in [9.17, 15) is 0 Å². The Morgan fingerprint density at radius 3 is 2.50 bits per heavy atom. The lowest BCUT2D eigenvalue weighted by Crippen LogP contribution is -2.43. The zero-order valence-corrected chi connectivity index (χ0v) is 13.1. The van der Waals surface area contributed by atoms with E-state index in [0.717, 1.165) is 42.5 Å². The number of rotatable bonds is 10. The van der Waals surface area contributed by atoms with Crippen molar-refractivity contribution in [3.8, 4) is 0 Å². The van der Waals surface area contributed by atoms with Gasteiger partial charge in [0.15, 0.2) is 0 Å². The number of allylic oxidation sites excluding steroid dienone is 3. The molecule has 0 amide bonds. The van der Waals surface area contributed by atoms with Crippen molar-refractivity contribution in [2.75, 3.05) is 58.9 Å². The molecule has 0 aromatic rings. The number of hydrogen-bond acceptors (Lipinski definition) is 2. The van der Waals surface area contributed by atoms with Crippen molar-refractivity contribution in [3.63, 3.8) is 0 Å². The Labute approximate surface area is 119 Å². The van der Waals surface area contributed by atoms with Gasteiger partial charge in [-0.25, -0.2) is 0 Å². The van der Waals surface area contributed by atoms with Gasteiger partial charge in [-0.3, -0.25) is 0 Å². The first kappa shape index (κ1) is 15.9. The Morgan fingerprint density at radius 1 is 1.17 bits per heavy atom. The van der Waals surface area contributed by atoms with Crippen molar-refractivity contribution in [1.82, 2.24) is 0 Å². The standard InChI is InChI=1S/C14H25BrNO2/c1-16(2,13-14-5-3-4-6-14)8-10-18-12-11-17-9-7-15/h3-5H,6-13H2,1-2H3/q+1. The highest BCUT2D eigenvalue weighted by Gasteiger charge is 2.17. The highest BCUT2D eigenvalue weighted by molar-refractivity contribution is 9.09. The summed E-state index contributed by atoms with van der Waals surface area (Å²) in [7, 11) is 4.51. The normalized spacial score (nSPS) is 15.2. The molecule has 0 radical (unpaired) electrons. The highest BCUT2D eigenvalue weighted by Crippen LogP contribution is 2.14. The van der Waals surface area contributed by atoms with Crippen molar-refractivity contribution in [2.24, 2.45) is 0 Å². The van der Waals surface area contributed by atoms with E-state index in [0.29, 0.717) is 13.2 Å². The molecule has 104 valence electrons. The number of alkyl halides is 1. The van der Waals surface area contributed by atoms with Gasteiger partial charge in [0.1, 0.15) is 13.1 Å². The minimum atomic E-state index is 0.689. The predicted octanol–water partition coefficient (Wildman–Crippen LogP) is 2.38. The van der Waals surface area contributed by atoms with E-state index in [4.69, 9.17) is 9.47 Å². The first-order chi connectivity index (χ1) is 8.64. The van der Waals surface area contributed by atoms with Gasteiger partial charge in [0.2, 0.25) is 0 Å². The number of ether oxygens (including phenoxy) is 2. The van der Waals surface area contributed by atoms with E-state index in [1.54, 1.807) is 0 Å². The second kappa shape index (κ2) is 8.86. The van der Waals surface area contributed by atoms with Crippen molar-refractivity contribution in [1.29, 1.82) is 0 Å². The Balaban J connectivity index is 2.02. The molecule has 0 saturated heterocycles. The summed E-state index contributed by atoms with van der Waals surface area (Å²) in [5.41, 5.74) is 1.51. The number of halogens is 1. The SMILES string of the molecule is C[N+](C)(CCOCCOCCBr)CC1=CC=CC1. The van der Waals surface area contributed by atoms with Crippen LogP contribution < -0.4 is 0 Å². The van der Waals surface area contributed by atoms with Gasteiger partial charge in [0, 0.05) is 5.33 Å². The zero-order valence-electron chi connectivity index (χ0n) is 11.5. The van der Waals surface area contributed by atoms with Gasteiger partial charge >= 0.3 is 0 Å². The van der Waals surface area contributed by atoms with Crippen LogP contribution in [0, 0.1) is 0 Å². The van der Waals surface area contributed by atoms with E-state index >= 15 is 0 Å². The summed E-state index contributed by atoms with van der Waals surface area (Å²) < 4.78 is 11.9. The van der Waals surface area contributed by atoms with E-state index in [1.165, 1.54) is 5.57 Å². The first-order valence-corrected chi connectivity index (χ1v) is 7.64. The molecule has 0 fully saturated rings. The molecule has 1 aliphatic carbocycles. The maximum Gasteiger partial charge on any atom is 0.102 e. The molecule has 0 saturated carbocycles. The monoisotopic (exact) mass is 318 g/mol. The fraction of sp³-hybridized carbons (Fsp3) is 0.714. The van der Waals surface area contributed by atoms with Gasteiger partial charge in [-0.05, 0) is 12.0 Å². The van der Waals surface area contributed by atoms with Crippen LogP contribution in [0.5, 0.6) is 0 Å². The van der Waals surface area contributed by atoms with E-state index in [1.807, 2.05) is 0 Å². The van der Waals surface area contributed by atoms with Gasteiger partial charge in [0.25, 0.3) is 0 Å². The minimum Gasteiger partial charge on any atom is -0.378 e. The molecule has 0 aromatic heterocycles. The fourth-order valence-electron chi connectivity index (χ4n) is 1.93. The summed E-state index contributed by atoms with van der Waals surface area (Å²) in [6.45, 7) is 5.08. The molecule has 0 N–H and O–H groups in total. The Morgan fingerprint density at radius 2 is 1.89 bits per heavy atom. The summed E-state index contributed by atoms with van der Waals surface area (Å²) in [5.74, 6) is 0. The highest BCUT2D eigenvalue weighted by atomic mass is 79.9. The average molecular weight is 319 g/mol. The quantitative estimate of drug-likeness (QED) is 0.350. The first-order valence-electron chi connectivity index (χ1n) is 6.52. The zero-order chi connectivity index (χ0) is 13.3. The van der Waals surface area contributed by atoms with Gasteiger partial charge in [-0.15, -0.1) is 0 Å². The lowest BCUT2D eigenvalue weighted by molar-refractivity contribution is -0.886. The van der Waals surface area contributed by atoms with Crippen LogP contribution in [-0.2, 0) is 9.47 Å². The van der Waals surface area contributed by atoms with Crippen LogP contribution in [-0.4, -0.2) is 63.4 Å². The molecule has 1 rings (SSSR count). The van der Waals surface area contributed by atoms with E-state index in [2.05, 4.69) is 48.3 Å². The van der Waals surface area contributed by atoms with Gasteiger partial charge < -0.3 is 14.0 Å². The van der Waals surface area contributed by atoms with Crippen LogP contribution in [0.2, 0.25) is 0 Å². The third-order valence-corrected chi connectivity index (χ3v) is 3.24. The van der Waals surface area contributed by atoms with Crippen LogP contribution >= 0.6 is 15.9 Å². The molecule has 1 aliphatic rings. The molecule has 0 heterocycles. The molecule has 0 spiro atoms. The average Bonchev–Trinajstić information content (AvgIpc) is 2.80. The van der Waals surface area contributed by atoms with Crippen molar-refractivity contribution in [2.45, 2.75) is 6.42 Å². The molecule has 0 atom stereocenters. The van der Waals surface area contributed by atoms with Crippen LogP contribution in [0.4, 0.5) is 0 Å². The second-order valence-electron chi connectivity index (χ2n) is 5.19. The molecule has 0 unspecified atom stereocenters. The third-order valence-electron chi connectivity index (χ3n) is 2.91. The van der Waals surface area contributed by atoms with Crippen molar-refractivity contribution < 1.29 is 14.0 Å². The van der Waals surface area contributed by atoms with Crippen LogP contribution in [0.3, 0.4) is 0 Å². The van der Waals surface area contributed by atoms with E-state index in [-0.39, 0.29) is 0 Å². The maximum atomic E-state index is 5.59. The fourth-order valence-corrected chi connectivity index (χ4v) is 2.15. The van der Waals surface area contributed by atoms with Gasteiger partial charge in [-0.1, -0.05) is 34.2 Å². The van der Waals surface area contributed by atoms with Crippen molar-refractivity contribution in [3.05, 3.63) is 23.8 Å². The summed E-state index contributed by atoms with van der Waals surface area (Å²) in [6.07, 6.45) is 7.71. The molecular formula is C14H25BrNO2+. The Hall–Kier alpha value is -0.160. The van der Waals surface area contributed by atoms with Crippen LogP contribution in [0.1, 0.15) is 6.42 Å². The molecule has 4 heteroatoms. The van der Waals surface area contributed by atoms with Gasteiger partial charge in [0.05, 0.1) is 40.5 Å². The molecule has 18 heavy (non-hydrogen) atoms.